The second kappa shape index (κ2) is 13.5. The Morgan fingerprint density at radius 1 is 0.281 bits per heavy atom. The minimum absolute atomic E-state index is 0.582. The smallest absolute Gasteiger partial charge is 0.164 e. The molecule has 0 fully saturated rings. The van der Waals surface area contributed by atoms with Crippen LogP contribution in [0.2, 0.25) is 0 Å². The van der Waals surface area contributed by atoms with Gasteiger partial charge in [0.25, 0.3) is 0 Å². The maximum Gasteiger partial charge on any atom is 0.164 e. The fourth-order valence-corrected chi connectivity index (χ4v) is 7.72. The van der Waals surface area contributed by atoms with Crippen LogP contribution in [-0.4, -0.2) is 15.0 Å². The number of anilines is 3. The van der Waals surface area contributed by atoms with Gasteiger partial charge < -0.3 is 13.7 Å². The van der Waals surface area contributed by atoms with Crippen LogP contribution in [0.3, 0.4) is 0 Å². The molecule has 0 aliphatic heterocycles. The molecule has 0 saturated carbocycles. The lowest BCUT2D eigenvalue weighted by molar-refractivity contribution is 0.668. The van der Waals surface area contributed by atoms with Crippen LogP contribution in [0.15, 0.2) is 203 Å². The maximum absolute atomic E-state index is 6.69. The van der Waals surface area contributed by atoms with Crippen molar-refractivity contribution in [3.05, 3.63) is 194 Å². The molecule has 0 saturated heterocycles. The lowest BCUT2D eigenvalue weighted by Gasteiger charge is -2.25. The number of fused-ring (bicyclic) bond motifs is 6. The van der Waals surface area contributed by atoms with Gasteiger partial charge in [0, 0.05) is 61.4 Å². The Balaban J connectivity index is 1.03. The van der Waals surface area contributed by atoms with Crippen molar-refractivity contribution in [2.24, 2.45) is 0 Å². The van der Waals surface area contributed by atoms with Crippen molar-refractivity contribution >= 4 is 60.9 Å². The summed E-state index contributed by atoms with van der Waals surface area (Å²) in [6, 6.07) is 66.4. The maximum atomic E-state index is 6.69. The second-order valence-corrected chi connectivity index (χ2v) is 14.1. The van der Waals surface area contributed by atoms with E-state index in [2.05, 4.69) is 114 Å². The average Bonchev–Trinajstić information content (AvgIpc) is 3.85. The molecule has 0 aliphatic rings. The quantitative estimate of drug-likeness (QED) is 0.162. The molecule has 0 bridgehead atoms. The third kappa shape index (κ3) is 5.88. The van der Waals surface area contributed by atoms with Crippen LogP contribution in [0, 0.1) is 0 Å². The van der Waals surface area contributed by atoms with E-state index in [4.69, 9.17) is 23.8 Å². The third-order valence-corrected chi connectivity index (χ3v) is 10.5. The first-order chi connectivity index (χ1) is 28.2. The molecule has 11 rings (SSSR count). The molecule has 0 spiro atoms. The normalized spacial score (nSPS) is 11.5. The molecule has 0 radical (unpaired) electrons. The molecule has 0 unspecified atom stereocenters. The molecule has 3 aromatic heterocycles. The molecular formula is C51H32N4O2. The van der Waals surface area contributed by atoms with E-state index in [9.17, 15) is 0 Å². The predicted octanol–water partition coefficient (Wildman–Crippen LogP) is 13.8. The highest BCUT2D eigenvalue weighted by molar-refractivity contribution is 6.08. The van der Waals surface area contributed by atoms with Crippen molar-refractivity contribution < 1.29 is 8.83 Å². The number of nitrogens with zero attached hydrogens (tertiary/aromatic N) is 4. The molecule has 0 amide bonds. The Labute approximate surface area is 328 Å². The van der Waals surface area contributed by atoms with E-state index in [0.717, 1.165) is 83.2 Å². The summed E-state index contributed by atoms with van der Waals surface area (Å²) in [5, 5.41) is 4.20. The molecule has 11 aromatic rings. The summed E-state index contributed by atoms with van der Waals surface area (Å²) >= 11 is 0. The van der Waals surface area contributed by atoms with Crippen molar-refractivity contribution in [3.63, 3.8) is 0 Å². The van der Waals surface area contributed by atoms with E-state index in [0.29, 0.717) is 17.5 Å². The number of aromatic nitrogens is 3. The number of benzene rings is 8. The predicted molar refractivity (Wildman–Crippen MR) is 231 cm³/mol. The summed E-state index contributed by atoms with van der Waals surface area (Å²) < 4.78 is 12.9. The van der Waals surface area contributed by atoms with Gasteiger partial charge in [0.2, 0.25) is 0 Å². The van der Waals surface area contributed by atoms with Gasteiger partial charge in [0.15, 0.2) is 17.5 Å². The number of hydrogen-bond donors (Lipinski definition) is 0. The van der Waals surface area contributed by atoms with E-state index >= 15 is 0 Å². The molecule has 0 N–H and O–H groups in total. The van der Waals surface area contributed by atoms with Gasteiger partial charge in [-0.2, -0.15) is 0 Å². The van der Waals surface area contributed by atoms with Crippen LogP contribution in [0.4, 0.5) is 17.1 Å². The summed E-state index contributed by atoms with van der Waals surface area (Å²) in [7, 11) is 0. The molecule has 3 heterocycles. The van der Waals surface area contributed by atoms with Crippen LogP contribution in [-0.2, 0) is 0 Å². The van der Waals surface area contributed by atoms with Crippen molar-refractivity contribution in [2.75, 3.05) is 4.90 Å². The Bertz CT molecular complexity index is 3170. The summed E-state index contributed by atoms with van der Waals surface area (Å²) in [6.45, 7) is 0. The summed E-state index contributed by atoms with van der Waals surface area (Å²) in [6.07, 6.45) is 0. The van der Waals surface area contributed by atoms with E-state index in [1.54, 1.807) is 0 Å². The molecule has 0 aliphatic carbocycles. The van der Waals surface area contributed by atoms with Gasteiger partial charge in [-0.3, -0.25) is 0 Å². The lowest BCUT2D eigenvalue weighted by Crippen LogP contribution is -2.09. The SMILES string of the molecule is c1ccc(-c2ccc(N(c3ccc4c(c3)oc3cc(-c5nc(-c6ccccc6)nc(-c6ccccc6)n5)ccc34)c3ccc4oc5ccccc5c4c3)cc2)cc1. The van der Waals surface area contributed by atoms with Gasteiger partial charge in [-0.1, -0.05) is 127 Å². The van der Waals surface area contributed by atoms with Crippen LogP contribution in [0.1, 0.15) is 0 Å². The Kier molecular flexibility index (Phi) is 7.71. The summed E-state index contributed by atoms with van der Waals surface area (Å²) in [5.74, 6) is 1.82. The first-order valence-corrected chi connectivity index (χ1v) is 18.9. The van der Waals surface area contributed by atoms with Crippen LogP contribution in [0.5, 0.6) is 0 Å². The Hall–Kier alpha value is -7.83. The zero-order chi connectivity index (χ0) is 37.7. The topological polar surface area (TPSA) is 68.2 Å². The third-order valence-electron chi connectivity index (χ3n) is 10.5. The van der Waals surface area contributed by atoms with Gasteiger partial charge in [-0.15, -0.1) is 0 Å². The van der Waals surface area contributed by atoms with Gasteiger partial charge in [0.05, 0.1) is 0 Å². The summed E-state index contributed by atoms with van der Waals surface area (Å²) in [4.78, 5) is 17.0. The van der Waals surface area contributed by atoms with Gasteiger partial charge in [-0.05, 0) is 71.8 Å². The first kappa shape index (κ1) is 32.6. The van der Waals surface area contributed by atoms with Crippen LogP contribution < -0.4 is 4.90 Å². The molecule has 8 aromatic carbocycles. The average molecular weight is 733 g/mol. The molecule has 6 nitrogen and oxygen atoms in total. The largest absolute Gasteiger partial charge is 0.456 e. The fraction of sp³-hybridized carbons (Fsp3) is 0. The molecule has 6 heteroatoms. The molecule has 57 heavy (non-hydrogen) atoms. The first-order valence-electron chi connectivity index (χ1n) is 18.9. The standard InChI is InChI=1S/C51H32N4O2/c1-4-12-33(13-5-1)34-20-23-38(24-21-34)55(39-26-29-46-44(31-39)41-18-10-11-19-45(41)56-46)40-25-28-43-42-27-22-37(30-47(42)57-48(43)32-40)51-53-49(35-14-6-2-7-15-35)52-50(54-51)36-16-8-3-9-17-36/h1-32H. The number of hydrogen-bond acceptors (Lipinski definition) is 6. The van der Waals surface area contributed by atoms with Crippen molar-refractivity contribution in [1.29, 1.82) is 0 Å². The van der Waals surface area contributed by atoms with Gasteiger partial charge in [0.1, 0.15) is 22.3 Å². The summed E-state index contributed by atoms with van der Waals surface area (Å²) in [5.41, 5.74) is 11.3. The van der Waals surface area contributed by atoms with E-state index in [-0.39, 0.29) is 0 Å². The minimum Gasteiger partial charge on any atom is -0.456 e. The lowest BCUT2D eigenvalue weighted by atomic mass is 10.0. The Morgan fingerprint density at radius 2 is 0.719 bits per heavy atom. The van der Waals surface area contributed by atoms with Crippen LogP contribution in [0.25, 0.3) is 89.2 Å². The monoisotopic (exact) mass is 732 g/mol. The van der Waals surface area contributed by atoms with Gasteiger partial charge >= 0.3 is 0 Å². The highest BCUT2D eigenvalue weighted by atomic mass is 16.3. The zero-order valence-electron chi connectivity index (χ0n) is 30.6. The van der Waals surface area contributed by atoms with E-state index in [1.165, 1.54) is 5.56 Å². The van der Waals surface area contributed by atoms with Crippen molar-refractivity contribution in [3.8, 4) is 45.3 Å². The fourth-order valence-electron chi connectivity index (χ4n) is 7.72. The second-order valence-electron chi connectivity index (χ2n) is 14.1. The van der Waals surface area contributed by atoms with Crippen molar-refractivity contribution in [2.45, 2.75) is 0 Å². The number of furan rings is 2. The molecule has 268 valence electrons. The van der Waals surface area contributed by atoms with E-state index in [1.807, 2.05) is 84.9 Å². The van der Waals surface area contributed by atoms with Crippen LogP contribution >= 0.6 is 0 Å². The van der Waals surface area contributed by atoms with Crippen molar-refractivity contribution in [1.82, 2.24) is 15.0 Å². The zero-order valence-corrected chi connectivity index (χ0v) is 30.6. The number of para-hydroxylation sites is 1. The van der Waals surface area contributed by atoms with Gasteiger partial charge in [-0.25, -0.2) is 15.0 Å². The highest BCUT2D eigenvalue weighted by Crippen LogP contribution is 2.42. The minimum atomic E-state index is 0.582. The highest BCUT2D eigenvalue weighted by Gasteiger charge is 2.19. The molecular weight excluding hydrogens is 701 g/mol. The Morgan fingerprint density at radius 3 is 1.40 bits per heavy atom. The van der Waals surface area contributed by atoms with E-state index < -0.39 is 0 Å². The molecule has 0 atom stereocenters. The number of rotatable bonds is 7.